The SMILES string of the molecule is CC(C)(C)[Si](C)(C)OCC1=NCC(=O)C=C1C1CC1. The Bertz CT molecular complexity index is 440. The maximum absolute atomic E-state index is 11.5. The number of ketones is 1. The Kier molecular flexibility index (Phi) is 3.84. The summed E-state index contributed by atoms with van der Waals surface area (Å²) < 4.78 is 6.23. The van der Waals surface area contributed by atoms with E-state index in [4.69, 9.17) is 4.43 Å². The van der Waals surface area contributed by atoms with Crippen molar-refractivity contribution in [1.29, 1.82) is 0 Å². The Morgan fingerprint density at radius 1 is 1.37 bits per heavy atom. The van der Waals surface area contributed by atoms with Gasteiger partial charge in [0.1, 0.15) is 6.54 Å². The Balaban J connectivity index is 2.03. The molecule has 1 fully saturated rings. The predicted octanol–water partition coefficient (Wildman–Crippen LogP) is 3.37. The van der Waals surface area contributed by atoms with Crippen LogP contribution in [0.15, 0.2) is 16.6 Å². The fraction of sp³-hybridized carbons (Fsp3) is 0.733. The lowest BCUT2D eigenvalue weighted by Gasteiger charge is -2.36. The highest BCUT2D eigenvalue weighted by Gasteiger charge is 2.38. The van der Waals surface area contributed by atoms with Crippen molar-refractivity contribution in [3.05, 3.63) is 11.6 Å². The fourth-order valence-corrected chi connectivity index (χ4v) is 2.84. The Morgan fingerprint density at radius 3 is 2.53 bits per heavy atom. The average molecular weight is 279 g/mol. The van der Waals surface area contributed by atoms with E-state index in [2.05, 4.69) is 38.9 Å². The van der Waals surface area contributed by atoms with Crippen molar-refractivity contribution in [2.24, 2.45) is 10.9 Å². The minimum atomic E-state index is -1.74. The number of dihydropyridines is 1. The van der Waals surface area contributed by atoms with Crippen LogP contribution in [0.2, 0.25) is 18.1 Å². The van der Waals surface area contributed by atoms with Crippen molar-refractivity contribution in [2.75, 3.05) is 13.2 Å². The molecular formula is C15H25NO2Si. The van der Waals surface area contributed by atoms with Crippen LogP contribution in [0, 0.1) is 5.92 Å². The number of rotatable bonds is 4. The maximum atomic E-state index is 11.5. The molecule has 0 aromatic heterocycles. The van der Waals surface area contributed by atoms with Crippen molar-refractivity contribution < 1.29 is 9.22 Å². The molecule has 0 bridgehead atoms. The molecule has 0 saturated heterocycles. The number of aliphatic imine (C=N–C) groups is 1. The first-order valence-corrected chi connectivity index (χ1v) is 10.0. The summed E-state index contributed by atoms with van der Waals surface area (Å²) in [5.41, 5.74) is 2.17. The summed E-state index contributed by atoms with van der Waals surface area (Å²) >= 11 is 0. The van der Waals surface area contributed by atoms with Gasteiger partial charge in [-0.25, -0.2) is 0 Å². The van der Waals surface area contributed by atoms with Crippen molar-refractivity contribution in [1.82, 2.24) is 0 Å². The zero-order valence-electron chi connectivity index (χ0n) is 12.7. The van der Waals surface area contributed by atoms with Gasteiger partial charge in [-0.2, -0.15) is 0 Å². The number of hydrogen-bond acceptors (Lipinski definition) is 3. The largest absolute Gasteiger partial charge is 0.411 e. The van der Waals surface area contributed by atoms with Crippen LogP contribution in [0.5, 0.6) is 0 Å². The van der Waals surface area contributed by atoms with Gasteiger partial charge in [-0.05, 0) is 48.5 Å². The summed E-state index contributed by atoms with van der Waals surface area (Å²) in [6.45, 7) is 12.1. The normalized spacial score (nSPS) is 21.2. The van der Waals surface area contributed by atoms with Gasteiger partial charge in [0.05, 0.1) is 12.3 Å². The molecule has 0 amide bonds. The molecule has 106 valence electrons. The van der Waals surface area contributed by atoms with Crippen LogP contribution in [0.4, 0.5) is 0 Å². The molecule has 0 aromatic carbocycles. The highest BCUT2D eigenvalue weighted by Crippen LogP contribution is 2.39. The maximum Gasteiger partial charge on any atom is 0.192 e. The molecule has 0 N–H and O–H groups in total. The highest BCUT2D eigenvalue weighted by atomic mass is 28.4. The zero-order valence-corrected chi connectivity index (χ0v) is 13.7. The molecule has 0 unspecified atom stereocenters. The predicted molar refractivity (Wildman–Crippen MR) is 81.3 cm³/mol. The second-order valence-electron chi connectivity index (χ2n) is 7.15. The van der Waals surface area contributed by atoms with Gasteiger partial charge in [0.25, 0.3) is 0 Å². The first-order chi connectivity index (χ1) is 8.71. The quantitative estimate of drug-likeness (QED) is 0.740. The van der Waals surface area contributed by atoms with Gasteiger partial charge in [0.15, 0.2) is 14.1 Å². The third-order valence-electron chi connectivity index (χ3n) is 4.47. The first kappa shape index (κ1) is 14.7. The van der Waals surface area contributed by atoms with Crippen LogP contribution in [-0.4, -0.2) is 33.0 Å². The molecule has 1 aliphatic carbocycles. The summed E-state index contributed by atoms with van der Waals surface area (Å²) in [6, 6.07) is 0. The highest BCUT2D eigenvalue weighted by molar-refractivity contribution is 6.74. The monoisotopic (exact) mass is 279 g/mol. The summed E-state index contributed by atoms with van der Waals surface area (Å²) in [5, 5.41) is 0.210. The fourth-order valence-electron chi connectivity index (χ4n) is 1.91. The van der Waals surface area contributed by atoms with E-state index in [0.717, 1.165) is 11.3 Å². The van der Waals surface area contributed by atoms with Gasteiger partial charge in [-0.3, -0.25) is 9.79 Å². The number of nitrogens with zero attached hydrogens (tertiary/aromatic N) is 1. The summed E-state index contributed by atoms with van der Waals surface area (Å²) in [4.78, 5) is 15.9. The minimum Gasteiger partial charge on any atom is -0.411 e. The molecule has 0 aromatic rings. The Hall–Kier alpha value is -0.743. The summed E-state index contributed by atoms with van der Waals surface area (Å²) in [5.74, 6) is 0.698. The molecule has 19 heavy (non-hydrogen) atoms. The van der Waals surface area contributed by atoms with Crippen LogP contribution in [-0.2, 0) is 9.22 Å². The number of hydrogen-bond donors (Lipinski definition) is 0. The number of carbonyl (C=O) groups is 1. The van der Waals surface area contributed by atoms with E-state index in [-0.39, 0.29) is 10.8 Å². The molecule has 3 nitrogen and oxygen atoms in total. The van der Waals surface area contributed by atoms with E-state index in [0.29, 0.717) is 19.1 Å². The molecule has 0 spiro atoms. The van der Waals surface area contributed by atoms with Crippen molar-refractivity contribution in [3.63, 3.8) is 0 Å². The van der Waals surface area contributed by atoms with Crippen LogP contribution in [0.25, 0.3) is 0 Å². The molecule has 4 heteroatoms. The molecule has 1 aliphatic heterocycles. The molecule has 1 saturated carbocycles. The molecule has 2 aliphatic rings. The van der Waals surface area contributed by atoms with E-state index in [1.165, 1.54) is 12.8 Å². The first-order valence-electron chi connectivity index (χ1n) is 7.13. The van der Waals surface area contributed by atoms with Crippen molar-refractivity contribution >= 4 is 19.8 Å². The van der Waals surface area contributed by atoms with E-state index in [1.54, 1.807) is 6.08 Å². The van der Waals surface area contributed by atoms with E-state index < -0.39 is 8.32 Å². The van der Waals surface area contributed by atoms with E-state index >= 15 is 0 Å². The molecule has 0 atom stereocenters. The molecule has 0 radical (unpaired) electrons. The summed E-state index contributed by atoms with van der Waals surface area (Å²) in [7, 11) is -1.74. The van der Waals surface area contributed by atoms with Crippen molar-refractivity contribution in [2.45, 2.75) is 51.7 Å². The standard InChI is InChI=1S/C15H25NO2Si/c1-15(2,3)19(4,5)18-10-14-13(11-6-7-11)8-12(17)9-16-14/h8,11H,6-7,9-10H2,1-5H3. The van der Waals surface area contributed by atoms with Gasteiger partial charge in [-0.15, -0.1) is 0 Å². The van der Waals surface area contributed by atoms with Crippen LogP contribution >= 0.6 is 0 Å². The second-order valence-corrected chi connectivity index (χ2v) is 12.0. The lowest BCUT2D eigenvalue weighted by atomic mass is 10.0. The molecule has 2 rings (SSSR count). The van der Waals surface area contributed by atoms with Gasteiger partial charge >= 0.3 is 0 Å². The lowest BCUT2D eigenvalue weighted by molar-refractivity contribution is -0.113. The Morgan fingerprint density at radius 2 is 2.00 bits per heavy atom. The van der Waals surface area contributed by atoms with Crippen molar-refractivity contribution in [3.8, 4) is 0 Å². The zero-order chi connectivity index (χ0) is 14.3. The minimum absolute atomic E-state index is 0.137. The third kappa shape index (κ3) is 3.42. The van der Waals surface area contributed by atoms with E-state index in [1.807, 2.05) is 0 Å². The van der Waals surface area contributed by atoms with Crippen LogP contribution in [0.3, 0.4) is 0 Å². The summed E-state index contributed by atoms with van der Waals surface area (Å²) in [6.07, 6.45) is 4.19. The van der Waals surface area contributed by atoms with Gasteiger partial charge in [0.2, 0.25) is 0 Å². The van der Waals surface area contributed by atoms with Gasteiger partial charge in [0, 0.05) is 0 Å². The number of carbonyl (C=O) groups excluding carboxylic acids is 1. The lowest BCUT2D eigenvalue weighted by Crippen LogP contribution is -2.42. The van der Waals surface area contributed by atoms with Crippen LogP contribution in [0.1, 0.15) is 33.6 Å². The molecular weight excluding hydrogens is 254 g/mol. The van der Waals surface area contributed by atoms with Gasteiger partial charge in [-0.1, -0.05) is 20.8 Å². The average Bonchev–Trinajstić information content (AvgIpc) is 3.09. The van der Waals surface area contributed by atoms with E-state index in [9.17, 15) is 4.79 Å². The van der Waals surface area contributed by atoms with Crippen LogP contribution < -0.4 is 0 Å². The van der Waals surface area contributed by atoms with Gasteiger partial charge < -0.3 is 4.43 Å². The smallest absolute Gasteiger partial charge is 0.192 e. The topological polar surface area (TPSA) is 38.7 Å². The third-order valence-corrected chi connectivity index (χ3v) is 8.95. The Labute approximate surface area is 117 Å². The second kappa shape index (κ2) is 4.98. The molecule has 1 heterocycles.